The van der Waals surface area contributed by atoms with Gasteiger partial charge in [0.2, 0.25) is 0 Å². The quantitative estimate of drug-likeness (QED) is 0.542. The van der Waals surface area contributed by atoms with Gasteiger partial charge in [-0.25, -0.2) is 9.59 Å². The van der Waals surface area contributed by atoms with Crippen LogP contribution in [-0.2, 0) is 30.4 Å². The predicted octanol–water partition coefficient (Wildman–Crippen LogP) is 3.83. The van der Waals surface area contributed by atoms with Gasteiger partial charge in [0.15, 0.2) is 0 Å². The minimum Gasteiger partial charge on any atom is -0.461 e. The Morgan fingerprint density at radius 3 is 2.14 bits per heavy atom. The first-order valence-electron chi connectivity index (χ1n) is 9.49. The zero-order chi connectivity index (χ0) is 22.4. The van der Waals surface area contributed by atoms with Gasteiger partial charge in [-0.05, 0) is 53.2 Å². The minimum atomic E-state index is -1.20. The van der Waals surface area contributed by atoms with Gasteiger partial charge in [-0.15, -0.1) is 0 Å². The molecule has 0 spiro atoms. The summed E-state index contributed by atoms with van der Waals surface area (Å²) in [6.45, 7) is 12.0. The van der Waals surface area contributed by atoms with Gasteiger partial charge in [0.25, 0.3) is 0 Å². The number of nitrogens with two attached hydrogens (primary N) is 1. The van der Waals surface area contributed by atoms with Crippen molar-refractivity contribution in [3.8, 4) is 0 Å². The molecule has 0 saturated heterocycles. The molecule has 0 radical (unpaired) electrons. The zero-order valence-electron chi connectivity index (χ0n) is 18.3. The molecule has 0 aromatic heterocycles. The highest BCUT2D eigenvalue weighted by Gasteiger charge is 2.29. The summed E-state index contributed by atoms with van der Waals surface area (Å²) >= 11 is 0. The van der Waals surface area contributed by atoms with Crippen LogP contribution in [0, 0.1) is 0 Å². The number of carbonyl (C=O) groups is 3. The fourth-order valence-electron chi connectivity index (χ4n) is 2.37. The van der Waals surface area contributed by atoms with Gasteiger partial charge in [-0.1, -0.05) is 19.1 Å². The van der Waals surface area contributed by atoms with Crippen LogP contribution < -0.4 is 11.1 Å². The minimum absolute atomic E-state index is 0.0949. The molecule has 0 aliphatic heterocycles. The Balaban J connectivity index is 3.27. The van der Waals surface area contributed by atoms with Gasteiger partial charge in [-0.3, -0.25) is 10.1 Å². The summed E-state index contributed by atoms with van der Waals surface area (Å²) in [5, 5.41) is 2.62. The number of anilines is 1. The van der Waals surface area contributed by atoms with Gasteiger partial charge < -0.3 is 19.9 Å². The van der Waals surface area contributed by atoms with E-state index in [1.807, 2.05) is 0 Å². The highest BCUT2D eigenvalue weighted by atomic mass is 16.6. The second-order valence-corrected chi connectivity index (χ2v) is 8.53. The van der Waals surface area contributed by atoms with Crippen molar-refractivity contribution in [1.82, 2.24) is 0 Å². The average molecular weight is 408 g/mol. The van der Waals surface area contributed by atoms with E-state index < -0.39 is 35.3 Å². The summed E-state index contributed by atoms with van der Waals surface area (Å²) in [5.74, 6) is -1.06. The summed E-state index contributed by atoms with van der Waals surface area (Å²) in [7, 11) is 0. The van der Waals surface area contributed by atoms with Crippen LogP contribution in [0.5, 0.6) is 0 Å². The van der Waals surface area contributed by atoms with Crippen molar-refractivity contribution >= 4 is 23.7 Å². The van der Waals surface area contributed by atoms with E-state index in [9.17, 15) is 14.4 Å². The lowest BCUT2D eigenvalue weighted by Gasteiger charge is -2.25. The second kappa shape index (κ2) is 9.73. The van der Waals surface area contributed by atoms with Crippen molar-refractivity contribution < 1.29 is 28.6 Å². The molecule has 1 unspecified atom stereocenters. The highest BCUT2D eigenvalue weighted by Crippen LogP contribution is 2.29. The molecule has 1 amide bonds. The van der Waals surface area contributed by atoms with Crippen LogP contribution in [0.25, 0.3) is 0 Å². The van der Waals surface area contributed by atoms with Crippen LogP contribution in [-0.4, -0.2) is 29.2 Å². The molecule has 8 heteroatoms. The summed E-state index contributed by atoms with van der Waals surface area (Å²) in [6.07, 6.45) is -0.485. The maximum Gasteiger partial charge on any atom is 0.412 e. The standard InChI is InChI=1S/C21H32N2O6/c1-8-15(24)27-12-13-10-9-11-14(23-19(26)29-21(5,6)7)16(13)17(22)18(25)28-20(2,3)4/h9-11,17H,8,12,22H2,1-7H3,(H,23,26). The smallest absolute Gasteiger partial charge is 0.412 e. The van der Waals surface area contributed by atoms with Crippen molar-refractivity contribution in [3.05, 3.63) is 29.3 Å². The fraction of sp³-hybridized carbons (Fsp3) is 0.571. The van der Waals surface area contributed by atoms with Crippen molar-refractivity contribution in [3.63, 3.8) is 0 Å². The number of nitrogens with one attached hydrogen (secondary N) is 1. The van der Waals surface area contributed by atoms with Crippen molar-refractivity contribution in [1.29, 1.82) is 0 Å². The Labute approximate surface area is 172 Å². The molecule has 1 aromatic carbocycles. The Bertz CT molecular complexity index is 747. The molecule has 0 aliphatic carbocycles. The molecule has 1 aromatic rings. The number of carbonyl (C=O) groups excluding carboxylic acids is 3. The zero-order valence-corrected chi connectivity index (χ0v) is 18.3. The third-order valence-electron chi connectivity index (χ3n) is 3.48. The van der Waals surface area contributed by atoms with Crippen molar-refractivity contribution in [2.45, 2.75) is 78.7 Å². The number of amides is 1. The van der Waals surface area contributed by atoms with Gasteiger partial charge in [0.05, 0.1) is 0 Å². The summed E-state index contributed by atoms with van der Waals surface area (Å²) in [6, 6.07) is 3.72. The molecule has 0 bridgehead atoms. The Kier molecular flexibility index (Phi) is 8.20. The largest absolute Gasteiger partial charge is 0.461 e. The number of benzene rings is 1. The van der Waals surface area contributed by atoms with E-state index in [4.69, 9.17) is 19.9 Å². The third-order valence-corrected chi connectivity index (χ3v) is 3.48. The van der Waals surface area contributed by atoms with Crippen LogP contribution in [0.15, 0.2) is 18.2 Å². The van der Waals surface area contributed by atoms with E-state index in [0.717, 1.165) is 0 Å². The number of hydrogen-bond donors (Lipinski definition) is 2. The number of esters is 2. The molecular formula is C21H32N2O6. The lowest BCUT2D eigenvalue weighted by atomic mass is 9.98. The first-order chi connectivity index (χ1) is 13.2. The van der Waals surface area contributed by atoms with Gasteiger partial charge in [0, 0.05) is 17.7 Å². The van der Waals surface area contributed by atoms with Gasteiger partial charge >= 0.3 is 18.0 Å². The molecule has 8 nitrogen and oxygen atoms in total. The number of hydrogen-bond acceptors (Lipinski definition) is 7. The summed E-state index contributed by atoms with van der Waals surface area (Å²) < 4.78 is 15.9. The first kappa shape index (κ1) is 24.4. The van der Waals surface area contributed by atoms with Gasteiger partial charge in [-0.2, -0.15) is 0 Å². The molecule has 3 N–H and O–H groups in total. The topological polar surface area (TPSA) is 117 Å². The average Bonchev–Trinajstić information content (AvgIpc) is 2.55. The third kappa shape index (κ3) is 8.51. The highest BCUT2D eigenvalue weighted by molar-refractivity contribution is 5.89. The maximum absolute atomic E-state index is 12.6. The lowest BCUT2D eigenvalue weighted by molar-refractivity contribution is -0.156. The van der Waals surface area contributed by atoms with E-state index in [-0.39, 0.29) is 18.7 Å². The summed E-state index contributed by atoms with van der Waals surface area (Å²) in [5.41, 5.74) is 5.81. The maximum atomic E-state index is 12.6. The molecule has 1 rings (SSSR count). The van der Waals surface area contributed by atoms with E-state index >= 15 is 0 Å². The van der Waals surface area contributed by atoms with Gasteiger partial charge in [0.1, 0.15) is 23.9 Å². The molecule has 0 fully saturated rings. The first-order valence-corrected chi connectivity index (χ1v) is 9.49. The molecule has 1 atom stereocenters. The Morgan fingerprint density at radius 2 is 1.62 bits per heavy atom. The summed E-state index contributed by atoms with van der Waals surface area (Å²) in [4.78, 5) is 36.4. The molecule has 0 aliphatic rings. The van der Waals surface area contributed by atoms with Crippen LogP contribution in [0.4, 0.5) is 10.5 Å². The van der Waals surface area contributed by atoms with Crippen LogP contribution in [0.2, 0.25) is 0 Å². The molecule has 0 saturated carbocycles. The van der Waals surface area contributed by atoms with Crippen LogP contribution in [0.1, 0.15) is 72.1 Å². The Morgan fingerprint density at radius 1 is 1.03 bits per heavy atom. The van der Waals surface area contributed by atoms with Crippen molar-refractivity contribution in [2.75, 3.05) is 5.32 Å². The van der Waals surface area contributed by atoms with E-state index in [2.05, 4.69) is 5.32 Å². The predicted molar refractivity (Wildman–Crippen MR) is 109 cm³/mol. The molecule has 29 heavy (non-hydrogen) atoms. The molecule has 162 valence electrons. The van der Waals surface area contributed by atoms with Crippen LogP contribution >= 0.6 is 0 Å². The lowest BCUT2D eigenvalue weighted by Crippen LogP contribution is -2.33. The monoisotopic (exact) mass is 408 g/mol. The van der Waals surface area contributed by atoms with E-state index in [1.54, 1.807) is 66.7 Å². The second-order valence-electron chi connectivity index (χ2n) is 8.53. The van der Waals surface area contributed by atoms with Crippen molar-refractivity contribution in [2.24, 2.45) is 5.73 Å². The number of ether oxygens (including phenoxy) is 3. The van der Waals surface area contributed by atoms with Crippen LogP contribution in [0.3, 0.4) is 0 Å². The Hall–Kier alpha value is -2.61. The molecular weight excluding hydrogens is 376 g/mol. The normalized spacial score (nSPS) is 12.7. The molecule has 0 heterocycles. The van der Waals surface area contributed by atoms with E-state index in [1.165, 1.54) is 0 Å². The van der Waals surface area contributed by atoms with E-state index in [0.29, 0.717) is 11.1 Å². The SMILES string of the molecule is CCC(=O)OCc1cccc(NC(=O)OC(C)(C)C)c1C(N)C(=O)OC(C)(C)C. The fourth-order valence-corrected chi connectivity index (χ4v) is 2.37. The number of rotatable bonds is 6.